The normalized spacial score (nSPS) is 17.4. The maximum Gasteiger partial charge on any atom is 0.256 e. The highest BCUT2D eigenvalue weighted by Crippen LogP contribution is 2.25. The Morgan fingerprint density at radius 3 is 2.86 bits per heavy atom. The number of hydrogen-bond donors (Lipinski definition) is 0. The predicted octanol–water partition coefficient (Wildman–Crippen LogP) is 3.10. The van der Waals surface area contributed by atoms with Crippen molar-refractivity contribution in [2.24, 2.45) is 0 Å². The van der Waals surface area contributed by atoms with Crippen molar-refractivity contribution in [3.05, 3.63) is 59.9 Å². The minimum absolute atomic E-state index is 0.0376. The molecule has 1 aliphatic rings. The third-order valence-corrected chi connectivity index (χ3v) is 3.94. The fourth-order valence-corrected chi connectivity index (χ4v) is 2.77. The Balaban J connectivity index is 1.91. The first-order valence-electron chi connectivity index (χ1n) is 7.63. The minimum Gasteiger partial charge on any atom is -0.368 e. The van der Waals surface area contributed by atoms with Crippen molar-refractivity contribution in [3.63, 3.8) is 0 Å². The molecule has 1 aromatic carbocycles. The monoisotopic (exact) mass is 296 g/mol. The fourth-order valence-electron chi connectivity index (χ4n) is 2.77. The van der Waals surface area contributed by atoms with Gasteiger partial charge < -0.3 is 9.64 Å². The van der Waals surface area contributed by atoms with Crippen molar-refractivity contribution < 1.29 is 9.53 Å². The van der Waals surface area contributed by atoms with E-state index in [0.29, 0.717) is 13.2 Å². The van der Waals surface area contributed by atoms with Crippen LogP contribution >= 0.6 is 0 Å². The molecule has 0 saturated carbocycles. The number of ether oxygens (including phenoxy) is 1. The van der Waals surface area contributed by atoms with Crippen LogP contribution in [0.3, 0.4) is 0 Å². The quantitative estimate of drug-likeness (QED) is 0.870. The summed E-state index contributed by atoms with van der Waals surface area (Å²) >= 11 is 0. The van der Waals surface area contributed by atoms with Gasteiger partial charge in [0.15, 0.2) is 0 Å². The lowest BCUT2D eigenvalue weighted by Gasteiger charge is -2.27. The van der Waals surface area contributed by atoms with Crippen LogP contribution in [0.2, 0.25) is 0 Å². The SMILES string of the molecule is Cc1ccccc1N(Cc1cccnc1)C(=O)[C@H]1CCCO1. The molecule has 1 fully saturated rings. The Kier molecular flexibility index (Phi) is 4.49. The number of aryl methyl sites for hydroxylation is 1. The molecule has 1 aliphatic heterocycles. The molecule has 0 unspecified atom stereocenters. The van der Waals surface area contributed by atoms with Crippen molar-refractivity contribution in [2.75, 3.05) is 11.5 Å². The molecule has 2 heterocycles. The number of hydrogen-bond acceptors (Lipinski definition) is 3. The van der Waals surface area contributed by atoms with Gasteiger partial charge in [0, 0.05) is 24.7 Å². The number of aromatic nitrogens is 1. The Labute approximate surface area is 130 Å². The number of para-hydroxylation sites is 1. The molecule has 0 bridgehead atoms. The summed E-state index contributed by atoms with van der Waals surface area (Å²) in [7, 11) is 0. The number of benzene rings is 1. The third-order valence-electron chi connectivity index (χ3n) is 3.94. The van der Waals surface area contributed by atoms with Gasteiger partial charge in [0.1, 0.15) is 6.10 Å². The summed E-state index contributed by atoms with van der Waals surface area (Å²) in [5.41, 5.74) is 3.03. The highest BCUT2D eigenvalue weighted by atomic mass is 16.5. The van der Waals surface area contributed by atoms with Gasteiger partial charge in [-0.05, 0) is 43.0 Å². The minimum atomic E-state index is -0.323. The number of anilines is 1. The first-order chi connectivity index (χ1) is 10.8. The molecule has 114 valence electrons. The molecule has 1 amide bonds. The van der Waals surface area contributed by atoms with Crippen molar-refractivity contribution in [1.29, 1.82) is 0 Å². The zero-order valence-corrected chi connectivity index (χ0v) is 12.7. The van der Waals surface area contributed by atoms with Crippen LogP contribution in [-0.2, 0) is 16.1 Å². The average Bonchev–Trinajstić information content (AvgIpc) is 3.08. The summed E-state index contributed by atoms with van der Waals surface area (Å²) < 4.78 is 5.59. The standard InChI is InChI=1S/C18H20N2O2/c1-14-6-2-3-8-16(14)20(13-15-7-4-10-19-12-15)18(21)17-9-5-11-22-17/h2-4,6-8,10,12,17H,5,9,11,13H2,1H3/t17-/m1/s1. The summed E-state index contributed by atoms with van der Waals surface area (Å²) in [6.45, 7) is 3.21. The fraction of sp³-hybridized carbons (Fsp3) is 0.333. The van der Waals surface area contributed by atoms with Crippen LogP contribution in [0.1, 0.15) is 24.0 Å². The lowest BCUT2D eigenvalue weighted by atomic mass is 10.1. The van der Waals surface area contributed by atoms with Crippen molar-refractivity contribution >= 4 is 11.6 Å². The van der Waals surface area contributed by atoms with Gasteiger partial charge in [0.25, 0.3) is 5.91 Å². The van der Waals surface area contributed by atoms with E-state index < -0.39 is 0 Å². The van der Waals surface area contributed by atoms with Crippen LogP contribution < -0.4 is 4.90 Å². The van der Waals surface area contributed by atoms with E-state index in [4.69, 9.17) is 4.74 Å². The molecule has 3 rings (SSSR count). The number of carbonyl (C=O) groups is 1. The van der Waals surface area contributed by atoms with Crippen molar-refractivity contribution in [2.45, 2.75) is 32.4 Å². The molecule has 1 aromatic heterocycles. The molecule has 0 aliphatic carbocycles. The predicted molar refractivity (Wildman–Crippen MR) is 85.6 cm³/mol. The Morgan fingerprint density at radius 2 is 2.18 bits per heavy atom. The second-order valence-electron chi connectivity index (χ2n) is 5.57. The molecular formula is C18H20N2O2. The Bertz CT molecular complexity index is 637. The van der Waals surface area contributed by atoms with E-state index in [0.717, 1.165) is 29.7 Å². The Morgan fingerprint density at radius 1 is 1.32 bits per heavy atom. The van der Waals surface area contributed by atoms with Crippen molar-refractivity contribution in [1.82, 2.24) is 4.98 Å². The molecular weight excluding hydrogens is 276 g/mol. The molecule has 0 N–H and O–H groups in total. The van der Waals surface area contributed by atoms with Gasteiger partial charge in [-0.2, -0.15) is 0 Å². The zero-order valence-electron chi connectivity index (χ0n) is 12.7. The van der Waals surface area contributed by atoms with E-state index >= 15 is 0 Å². The molecule has 1 saturated heterocycles. The lowest BCUT2D eigenvalue weighted by Crippen LogP contribution is -2.39. The van der Waals surface area contributed by atoms with Gasteiger partial charge in [-0.25, -0.2) is 0 Å². The number of pyridine rings is 1. The van der Waals surface area contributed by atoms with Crippen LogP contribution in [0.25, 0.3) is 0 Å². The van der Waals surface area contributed by atoms with E-state index in [1.165, 1.54) is 0 Å². The summed E-state index contributed by atoms with van der Waals surface area (Å²) in [6, 6.07) is 11.8. The first kappa shape index (κ1) is 14.7. The molecule has 2 aromatic rings. The van der Waals surface area contributed by atoms with E-state index in [2.05, 4.69) is 4.98 Å². The maximum atomic E-state index is 12.9. The summed E-state index contributed by atoms with van der Waals surface area (Å²) in [5.74, 6) is 0.0376. The highest BCUT2D eigenvalue weighted by molar-refractivity contribution is 5.97. The third kappa shape index (κ3) is 3.17. The smallest absolute Gasteiger partial charge is 0.256 e. The van der Waals surface area contributed by atoms with Crippen LogP contribution in [0.5, 0.6) is 0 Å². The summed E-state index contributed by atoms with van der Waals surface area (Å²) in [5, 5.41) is 0. The molecule has 0 radical (unpaired) electrons. The number of nitrogens with zero attached hydrogens (tertiary/aromatic N) is 2. The maximum absolute atomic E-state index is 12.9. The molecule has 4 heteroatoms. The second kappa shape index (κ2) is 6.71. The van der Waals surface area contributed by atoms with Crippen LogP contribution in [-0.4, -0.2) is 23.6 Å². The molecule has 0 spiro atoms. The molecule has 4 nitrogen and oxygen atoms in total. The van der Waals surface area contributed by atoms with E-state index in [1.807, 2.05) is 48.2 Å². The Hall–Kier alpha value is -2.20. The van der Waals surface area contributed by atoms with Gasteiger partial charge >= 0.3 is 0 Å². The van der Waals surface area contributed by atoms with Crippen LogP contribution in [0.4, 0.5) is 5.69 Å². The number of amides is 1. The highest BCUT2D eigenvalue weighted by Gasteiger charge is 2.29. The van der Waals surface area contributed by atoms with Crippen LogP contribution in [0, 0.1) is 6.92 Å². The van der Waals surface area contributed by atoms with E-state index in [1.54, 1.807) is 12.4 Å². The van der Waals surface area contributed by atoms with Gasteiger partial charge in [0.05, 0.1) is 6.54 Å². The first-order valence-corrected chi connectivity index (χ1v) is 7.63. The van der Waals surface area contributed by atoms with Gasteiger partial charge in [-0.15, -0.1) is 0 Å². The van der Waals surface area contributed by atoms with Crippen LogP contribution in [0.15, 0.2) is 48.8 Å². The number of rotatable bonds is 4. The van der Waals surface area contributed by atoms with Gasteiger partial charge in [-0.3, -0.25) is 9.78 Å². The topological polar surface area (TPSA) is 42.4 Å². The lowest BCUT2D eigenvalue weighted by molar-refractivity contribution is -0.127. The zero-order chi connectivity index (χ0) is 15.4. The molecule has 1 atom stereocenters. The molecule has 22 heavy (non-hydrogen) atoms. The van der Waals surface area contributed by atoms with E-state index in [-0.39, 0.29) is 12.0 Å². The van der Waals surface area contributed by atoms with E-state index in [9.17, 15) is 4.79 Å². The summed E-state index contributed by atoms with van der Waals surface area (Å²) in [6.07, 6.45) is 4.97. The summed E-state index contributed by atoms with van der Waals surface area (Å²) in [4.78, 5) is 18.8. The second-order valence-corrected chi connectivity index (χ2v) is 5.57. The number of carbonyl (C=O) groups excluding carboxylic acids is 1. The van der Waals surface area contributed by atoms with Crippen molar-refractivity contribution in [3.8, 4) is 0 Å². The van der Waals surface area contributed by atoms with Gasteiger partial charge in [-0.1, -0.05) is 24.3 Å². The van der Waals surface area contributed by atoms with Gasteiger partial charge in [0.2, 0.25) is 0 Å². The average molecular weight is 296 g/mol. The largest absolute Gasteiger partial charge is 0.368 e.